The van der Waals surface area contributed by atoms with Crippen LogP contribution in [0.3, 0.4) is 0 Å². The number of amides is 1. The number of hydrogen-bond donors (Lipinski definition) is 1. The second-order valence-electron chi connectivity index (χ2n) is 8.31. The molecule has 0 radical (unpaired) electrons. The molecule has 2 aromatic rings. The van der Waals surface area contributed by atoms with Crippen LogP contribution in [0.4, 0.5) is 0 Å². The van der Waals surface area contributed by atoms with E-state index in [0.29, 0.717) is 5.92 Å². The van der Waals surface area contributed by atoms with Gasteiger partial charge in [-0.15, -0.1) is 10.2 Å². The Morgan fingerprint density at radius 2 is 2.00 bits per heavy atom. The van der Waals surface area contributed by atoms with Crippen LogP contribution in [0.1, 0.15) is 46.5 Å². The molecule has 0 spiro atoms. The first-order valence-electron chi connectivity index (χ1n) is 10.5. The van der Waals surface area contributed by atoms with Crippen LogP contribution in [0.15, 0.2) is 35.5 Å². The van der Waals surface area contributed by atoms with Crippen LogP contribution in [-0.4, -0.2) is 32.0 Å². The minimum atomic E-state index is -0.195. The van der Waals surface area contributed by atoms with Crippen LogP contribution in [0.25, 0.3) is 11.4 Å². The third-order valence-electron chi connectivity index (χ3n) is 6.52. The topological polar surface area (TPSA) is 59.8 Å². The number of carbonyl (C=O) groups is 1. The fraction of sp³-hybridized carbons (Fsp3) is 0.591. The quantitative estimate of drug-likeness (QED) is 0.703. The van der Waals surface area contributed by atoms with Crippen molar-refractivity contribution in [1.29, 1.82) is 0 Å². The number of carbonyl (C=O) groups excluding carboxylic acids is 1. The number of aromatic nitrogens is 3. The zero-order valence-electron chi connectivity index (χ0n) is 17.0. The molecule has 1 amide bonds. The van der Waals surface area contributed by atoms with E-state index in [1.165, 1.54) is 37.4 Å². The van der Waals surface area contributed by atoms with Crippen LogP contribution >= 0.6 is 11.8 Å². The Bertz CT molecular complexity index is 821. The van der Waals surface area contributed by atoms with Crippen molar-refractivity contribution in [2.24, 2.45) is 17.8 Å². The lowest BCUT2D eigenvalue weighted by atomic mass is 9.84. The molecule has 6 heteroatoms. The molecule has 150 valence electrons. The highest BCUT2D eigenvalue weighted by molar-refractivity contribution is 8.00. The summed E-state index contributed by atoms with van der Waals surface area (Å²) in [5.74, 6) is 3.34. The van der Waals surface area contributed by atoms with Gasteiger partial charge in [-0.25, -0.2) is 0 Å². The molecule has 0 aliphatic heterocycles. The Balaban J connectivity index is 1.40. The van der Waals surface area contributed by atoms with Gasteiger partial charge in [0, 0.05) is 18.2 Å². The highest BCUT2D eigenvalue weighted by Gasteiger charge is 2.42. The first kappa shape index (κ1) is 19.5. The van der Waals surface area contributed by atoms with Crippen LogP contribution in [0, 0.1) is 17.8 Å². The van der Waals surface area contributed by atoms with Gasteiger partial charge in [0.1, 0.15) is 0 Å². The third kappa shape index (κ3) is 3.84. The Kier molecular flexibility index (Phi) is 5.76. The summed E-state index contributed by atoms with van der Waals surface area (Å²) in [7, 11) is 0. The highest BCUT2D eigenvalue weighted by Crippen LogP contribution is 2.49. The van der Waals surface area contributed by atoms with E-state index in [4.69, 9.17) is 0 Å². The molecule has 4 rings (SSSR count). The van der Waals surface area contributed by atoms with Crippen LogP contribution in [0.5, 0.6) is 0 Å². The van der Waals surface area contributed by atoms with E-state index in [-0.39, 0.29) is 17.2 Å². The molecule has 2 aliphatic carbocycles. The maximum absolute atomic E-state index is 12.8. The SMILES string of the molecule is CCn1c(SC(C)C(=O)NC(C)C2CC3CCC2C3)nnc1-c1ccccc1. The minimum Gasteiger partial charge on any atom is -0.352 e. The van der Waals surface area contributed by atoms with E-state index >= 15 is 0 Å². The van der Waals surface area contributed by atoms with E-state index in [1.807, 2.05) is 37.3 Å². The number of fused-ring (bicyclic) bond motifs is 2. The number of thioether (sulfide) groups is 1. The van der Waals surface area contributed by atoms with E-state index in [0.717, 1.165) is 34.9 Å². The van der Waals surface area contributed by atoms with Crippen molar-refractivity contribution >= 4 is 17.7 Å². The standard InChI is InChI=1S/C22H30N4OS/c1-4-26-20(17-8-6-5-7-9-17)24-25-22(26)28-15(3)21(27)23-14(2)19-13-16-10-11-18(19)12-16/h5-9,14-16,18-19H,4,10-13H2,1-3H3,(H,23,27). The lowest BCUT2D eigenvalue weighted by Gasteiger charge is -2.29. The first-order chi connectivity index (χ1) is 13.6. The Labute approximate surface area is 171 Å². The summed E-state index contributed by atoms with van der Waals surface area (Å²) in [6.45, 7) is 7.00. The molecule has 2 fully saturated rings. The molecule has 1 aromatic heterocycles. The summed E-state index contributed by atoms with van der Waals surface area (Å²) in [5, 5.41) is 12.6. The van der Waals surface area contributed by atoms with Crippen molar-refractivity contribution in [2.45, 2.75) is 69.4 Å². The number of rotatable bonds is 7. The summed E-state index contributed by atoms with van der Waals surface area (Å²) in [5.41, 5.74) is 1.05. The molecule has 28 heavy (non-hydrogen) atoms. The predicted molar refractivity (Wildman–Crippen MR) is 113 cm³/mol. The van der Waals surface area contributed by atoms with E-state index in [2.05, 4.69) is 33.9 Å². The number of nitrogens with one attached hydrogen (secondary N) is 1. The molecule has 1 aromatic carbocycles. The van der Waals surface area contributed by atoms with Gasteiger partial charge in [0.25, 0.3) is 0 Å². The molecule has 5 nitrogen and oxygen atoms in total. The molecule has 2 bridgehead atoms. The predicted octanol–water partition coefficient (Wildman–Crippen LogP) is 4.39. The molecule has 2 saturated carbocycles. The zero-order chi connectivity index (χ0) is 19.7. The zero-order valence-corrected chi connectivity index (χ0v) is 17.8. The summed E-state index contributed by atoms with van der Waals surface area (Å²) in [6, 6.07) is 10.3. The summed E-state index contributed by atoms with van der Waals surface area (Å²) in [4.78, 5) is 12.8. The Morgan fingerprint density at radius 1 is 1.21 bits per heavy atom. The number of nitrogens with zero attached hydrogens (tertiary/aromatic N) is 3. The molecular formula is C22H30N4OS. The largest absolute Gasteiger partial charge is 0.352 e. The normalized spacial score (nSPS) is 25.6. The Hall–Kier alpha value is -1.82. The van der Waals surface area contributed by atoms with Gasteiger partial charge in [-0.2, -0.15) is 0 Å². The van der Waals surface area contributed by atoms with E-state index in [9.17, 15) is 4.79 Å². The van der Waals surface area contributed by atoms with Gasteiger partial charge in [-0.3, -0.25) is 4.79 Å². The monoisotopic (exact) mass is 398 g/mol. The van der Waals surface area contributed by atoms with Crippen molar-refractivity contribution in [3.8, 4) is 11.4 Å². The van der Waals surface area contributed by atoms with Crippen molar-refractivity contribution < 1.29 is 4.79 Å². The molecular weight excluding hydrogens is 368 g/mol. The second kappa shape index (κ2) is 8.27. The average Bonchev–Trinajstić information content (AvgIpc) is 3.44. The summed E-state index contributed by atoms with van der Waals surface area (Å²) in [6.07, 6.45) is 5.40. The van der Waals surface area contributed by atoms with Gasteiger partial charge in [0.2, 0.25) is 5.91 Å². The molecule has 0 saturated heterocycles. The van der Waals surface area contributed by atoms with Crippen molar-refractivity contribution in [3.05, 3.63) is 30.3 Å². The van der Waals surface area contributed by atoms with Gasteiger partial charge in [-0.1, -0.05) is 48.5 Å². The highest BCUT2D eigenvalue weighted by atomic mass is 32.2. The van der Waals surface area contributed by atoms with Crippen molar-refractivity contribution in [3.63, 3.8) is 0 Å². The van der Waals surface area contributed by atoms with E-state index in [1.54, 1.807) is 0 Å². The van der Waals surface area contributed by atoms with Crippen LogP contribution in [0.2, 0.25) is 0 Å². The van der Waals surface area contributed by atoms with Gasteiger partial charge in [0.05, 0.1) is 5.25 Å². The molecule has 5 atom stereocenters. The average molecular weight is 399 g/mol. The summed E-state index contributed by atoms with van der Waals surface area (Å²) < 4.78 is 2.09. The maximum atomic E-state index is 12.8. The van der Waals surface area contributed by atoms with E-state index < -0.39 is 0 Å². The third-order valence-corrected chi connectivity index (χ3v) is 7.60. The maximum Gasteiger partial charge on any atom is 0.233 e. The number of hydrogen-bond acceptors (Lipinski definition) is 4. The molecule has 5 unspecified atom stereocenters. The second-order valence-corrected chi connectivity index (χ2v) is 9.62. The molecule has 1 heterocycles. The van der Waals surface area contributed by atoms with Gasteiger partial charge < -0.3 is 9.88 Å². The fourth-order valence-corrected chi connectivity index (χ4v) is 5.95. The smallest absolute Gasteiger partial charge is 0.233 e. The molecule has 2 aliphatic rings. The van der Waals surface area contributed by atoms with Crippen molar-refractivity contribution in [2.75, 3.05) is 0 Å². The number of benzene rings is 1. The van der Waals surface area contributed by atoms with Crippen molar-refractivity contribution in [1.82, 2.24) is 20.1 Å². The Morgan fingerprint density at radius 3 is 2.64 bits per heavy atom. The van der Waals surface area contributed by atoms with Gasteiger partial charge >= 0.3 is 0 Å². The molecule has 1 N–H and O–H groups in total. The lowest BCUT2D eigenvalue weighted by Crippen LogP contribution is -2.43. The van der Waals surface area contributed by atoms with Gasteiger partial charge in [-0.05, 0) is 57.8 Å². The van der Waals surface area contributed by atoms with Crippen LogP contribution in [-0.2, 0) is 11.3 Å². The lowest BCUT2D eigenvalue weighted by molar-refractivity contribution is -0.121. The van der Waals surface area contributed by atoms with Crippen LogP contribution < -0.4 is 5.32 Å². The summed E-state index contributed by atoms with van der Waals surface area (Å²) >= 11 is 1.50. The minimum absolute atomic E-state index is 0.104. The fourth-order valence-electron chi connectivity index (χ4n) is 5.03. The first-order valence-corrected chi connectivity index (χ1v) is 11.4. The van der Waals surface area contributed by atoms with Gasteiger partial charge in [0.15, 0.2) is 11.0 Å².